The third-order valence-corrected chi connectivity index (χ3v) is 4.51. The molecular weight excluding hydrogens is 330 g/mol. The Morgan fingerprint density at radius 1 is 1.19 bits per heavy atom. The Morgan fingerprint density at radius 2 is 2.04 bits per heavy atom. The van der Waals surface area contributed by atoms with Gasteiger partial charge in [-0.1, -0.05) is 25.1 Å². The van der Waals surface area contributed by atoms with Crippen molar-refractivity contribution in [1.82, 2.24) is 4.98 Å². The molecule has 0 amide bonds. The molecule has 0 aliphatic heterocycles. The van der Waals surface area contributed by atoms with Crippen LogP contribution in [0.4, 0.5) is 0 Å². The summed E-state index contributed by atoms with van der Waals surface area (Å²) in [6, 6.07) is 14.6. The standard InChI is InChI=1S/C21H17NO4/c1-3-12-5-4-6-15-16(21(23)24)11-17(22-20(12)15)19-10-13-9-14(25-2)7-8-18(13)26-19/h4-11H,3H2,1-2H3,(H,23,24). The molecular formula is C21H17NO4. The zero-order valence-electron chi connectivity index (χ0n) is 14.4. The summed E-state index contributed by atoms with van der Waals surface area (Å²) in [5.41, 5.74) is 3.13. The Kier molecular flexibility index (Phi) is 3.84. The highest BCUT2D eigenvalue weighted by atomic mass is 16.5. The fraction of sp³-hybridized carbons (Fsp3) is 0.143. The van der Waals surface area contributed by atoms with Crippen LogP contribution < -0.4 is 4.74 Å². The lowest BCUT2D eigenvalue weighted by molar-refractivity contribution is 0.0699. The molecule has 0 unspecified atom stereocenters. The molecule has 1 N–H and O–H groups in total. The molecule has 5 heteroatoms. The van der Waals surface area contributed by atoms with Crippen molar-refractivity contribution < 1.29 is 19.1 Å². The molecule has 0 spiro atoms. The number of methoxy groups -OCH3 is 1. The van der Waals surface area contributed by atoms with Gasteiger partial charge in [0.05, 0.1) is 18.2 Å². The Labute approximate surface area is 149 Å². The van der Waals surface area contributed by atoms with Crippen molar-refractivity contribution >= 4 is 27.8 Å². The first kappa shape index (κ1) is 16.1. The van der Waals surface area contributed by atoms with E-state index in [1.54, 1.807) is 19.2 Å². The molecule has 130 valence electrons. The van der Waals surface area contributed by atoms with Crippen molar-refractivity contribution in [3.8, 4) is 17.2 Å². The van der Waals surface area contributed by atoms with Crippen molar-refractivity contribution in [2.24, 2.45) is 0 Å². The van der Waals surface area contributed by atoms with Gasteiger partial charge in [-0.25, -0.2) is 9.78 Å². The first-order valence-electron chi connectivity index (χ1n) is 8.34. The van der Waals surface area contributed by atoms with Crippen molar-refractivity contribution in [2.45, 2.75) is 13.3 Å². The lowest BCUT2D eigenvalue weighted by Crippen LogP contribution is -2.01. The number of nitrogens with zero attached hydrogens (tertiary/aromatic N) is 1. The molecule has 0 aliphatic rings. The molecule has 26 heavy (non-hydrogen) atoms. The molecule has 0 aliphatic carbocycles. The number of fused-ring (bicyclic) bond motifs is 2. The number of carbonyl (C=O) groups is 1. The quantitative estimate of drug-likeness (QED) is 0.567. The van der Waals surface area contributed by atoms with Gasteiger partial charge in [0, 0.05) is 10.8 Å². The minimum atomic E-state index is -0.982. The smallest absolute Gasteiger partial charge is 0.336 e. The number of rotatable bonds is 4. The molecule has 0 saturated carbocycles. The number of furan rings is 1. The zero-order valence-corrected chi connectivity index (χ0v) is 14.4. The van der Waals surface area contributed by atoms with E-state index in [4.69, 9.17) is 14.1 Å². The average Bonchev–Trinajstić information content (AvgIpc) is 3.09. The number of pyridine rings is 1. The van der Waals surface area contributed by atoms with Gasteiger partial charge in [0.25, 0.3) is 0 Å². The summed E-state index contributed by atoms with van der Waals surface area (Å²) in [6.45, 7) is 2.02. The van der Waals surface area contributed by atoms with Crippen LogP contribution in [0, 0.1) is 0 Å². The molecule has 5 nitrogen and oxygen atoms in total. The maximum Gasteiger partial charge on any atom is 0.336 e. The summed E-state index contributed by atoms with van der Waals surface area (Å²) in [5.74, 6) is 0.282. The fourth-order valence-corrected chi connectivity index (χ4v) is 3.17. The van der Waals surface area contributed by atoms with Gasteiger partial charge in [0.1, 0.15) is 17.0 Å². The van der Waals surface area contributed by atoms with Gasteiger partial charge in [-0.15, -0.1) is 0 Å². The van der Waals surface area contributed by atoms with Crippen LogP contribution in [0.1, 0.15) is 22.8 Å². The predicted molar refractivity (Wildman–Crippen MR) is 99.8 cm³/mol. The Morgan fingerprint density at radius 3 is 2.77 bits per heavy atom. The summed E-state index contributed by atoms with van der Waals surface area (Å²) < 4.78 is 11.1. The van der Waals surface area contributed by atoms with Gasteiger partial charge in [-0.05, 0) is 42.3 Å². The van der Waals surface area contributed by atoms with Crippen LogP contribution >= 0.6 is 0 Å². The molecule has 4 rings (SSSR count). The summed E-state index contributed by atoms with van der Waals surface area (Å²) in [5, 5.41) is 11.2. The highest BCUT2D eigenvalue weighted by Crippen LogP contribution is 2.32. The first-order valence-corrected chi connectivity index (χ1v) is 8.34. The maximum atomic E-state index is 11.8. The van der Waals surface area contributed by atoms with Gasteiger partial charge in [0.2, 0.25) is 0 Å². The largest absolute Gasteiger partial charge is 0.497 e. The SMILES string of the molecule is CCc1cccc2c(C(=O)O)cc(-c3cc4cc(OC)ccc4o3)nc12. The number of ether oxygens (including phenoxy) is 1. The lowest BCUT2D eigenvalue weighted by atomic mass is 10.0. The lowest BCUT2D eigenvalue weighted by Gasteiger charge is -2.08. The topological polar surface area (TPSA) is 72.6 Å². The first-order chi connectivity index (χ1) is 12.6. The molecule has 0 fully saturated rings. The molecule has 0 bridgehead atoms. The summed E-state index contributed by atoms with van der Waals surface area (Å²) in [7, 11) is 1.61. The second kappa shape index (κ2) is 6.19. The van der Waals surface area contributed by atoms with E-state index in [0.29, 0.717) is 27.9 Å². The van der Waals surface area contributed by atoms with Crippen molar-refractivity contribution in [3.05, 3.63) is 59.7 Å². The summed E-state index contributed by atoms with van der Waals surface area (Å²) >= 11 is 0. The van der Waals surface area contributed by atoms with Gasteiger partial charge in [-0.3, -0.25) is 0 Å². The third kappa shape index (κ3) is 2.58. The number of aromatic carboxylic acids is 1. The predicted octanol–water partition coefficient (Wildman–Crippen LogP) is 4.92. The summed E-state index contributed by atoms with van der Waals surface area (Å²) in [4.78, 5) is 16.5. The van der Waals surface area contributed by atoms with Crippen LogP contribution in [0.2, 0.25) is 0 Å². The van der Waals surface area contributed by atoms with E-state index < -0.39 is 5.97 Å². The Hall–Kier alpha value is -3.34. The van der Waals surface area contributed by atoms with Crippen LogP contribution in [0.3, 0.4) is 0 Å². The Bertz CT molecular complexity index is 1140. The van der Waals surface area contributed by atoms with Crippen LogP contribution in [0.15, 0.2) is 52.9 Å². The highest BCUT2D eigenvalue weighted by molar-refractivity contribution is 6.04. The number of aryl methyl sites for hydroxylation is 1. The van der Waals surface area contributed by atoms with E-state index in [9.17, 15) is 9.90 Å². The third-order valence-electron chi connectivity index (χ3n) is 4.51. The van der Waals surface area contributed by atoms with E-state index in [2.05, 4.69) is 0 Å². The number of carboxylic acids is 1. The zero-order chi connectivity index (χ0) is 18.3. The van der Waals surface area contributed by atoms with Crippen LogP contribution in [0.5, 0.6) is 5.75 Å². The second-order valence-corrected chi connectivity index (χ2v) is 6.04. The minimum absolute atomic E-state index is 0.221. The maximum absolute atomic E-state index is 11.8. The van der Waals surface area contributed by atoms with E-state index >= 15 is 0 Å². The molecule has 2 aromatic carbocycles. The molecule has 0 atom stereocenters. The minimum Gasteiger partial charge on any atom is -0.497 e. The van der Waals surface area contributed by atoms with Crippen LogP contribution in [0.25, 0.3) is 33.3 Å². The highest BCUT2D eigenvalue weighted by Gasteiger charge is 2.17. The van der Waals surface area contributed by atoms with Crippen molar-refractivity contribution in [1.29, 1.82) is 0 Å². The molecule has 2 heterocycles. The monoisotopic (exact) mass is 347 g/mol. The molecule has 4 aromatic rings. The van der Waals surface area contributed by atoms with Crippen LogP contribution in [-0.2, 0) is 6.42 Å². The van der Waals surface area contributed by atoms with Crippen molar-refractivity contribution in [3.63, 3.8) is 0 Å². The summed E-state index contributed by atoms with van der Waals surface area (Å²) in [6.07, 6.45) is 0.768. The second-order valence-electron chi connectivity index (χ2n) is 6.04. The van der Waals surface area contributed by atoms with Gasteiger partial charge in [0.15, 0.2) is 5.76 Å². The Balaban J connectivity index is 1.97. The van der Waals surface area contributed by atoms with Crippen molar-refractivity contribution in [2.75, 3.05) is 7.11 Å². The van der Waals surface area contributed by atoms with Crippen LogP contribution in [-0.4, -0.2) is 23.2 Å². The normalized spacial score (nSPS) is 11.2. The number of para-hydroxylation sites is 1. The van der Waals surface area contributed by atoms with E-state index in [1.807, 2.05) is 43.3 Å². The number of carboxylic acid groups (broad SMARTS) is 1. The number of hydrogen-bond donors (Lipinski definition) is 1. The van der Waals surface area contributed by atoms with E-state index in [-0.39, 0.29) is 5.56 Å². The average molecular weight is 347 g/mol. The molecule has 2 aromatic heterocycles. The molecule has 0 radical (unpaired) electrons. The van der Waals surface area contributed by atoms with Gasteiger partial charge in [-0.2, -0.15) is 0 Å². The number of aromatic nitrogens is 1. The number of benzene rings is 2. The number of hydrogen-bond acceptors (Lipinski definition) is 4. The molecule has 0 saturated heterocycles. The van der Waals surface area contributed by atoms with Gasteiger partial charge < -0.3 is 14.3 Å². The van der Waals surface area contributed by atoms with Gasteiger partial charge >= 0.3 is 5.97 Å². The fourth-order valence-electron chi connectivity index (χ4n) is 3.17. The van der Waals surface area contributed by atoms with E-state index in [1.165, 1.54) is 0 Å². The van der Waals surface area contributed by atoms with E-state index in [0.717, 1.165) is 23.1 Å².